The third-order valence-electron chi connectivity index (χ3n) is 4.49. The highest BCUT2D eigenvalue weighted by atomic mass is 16.2. The predicted molar refractivity (Wildman–Crippen MR) is 77.9 cm³/mol. The summed E-state index contributed by atoms with van der Waals surface area (Å²) in [5.74, 6) is 0.290. The van der Waals surface area contributed by atoms with Gasteiger partial charge in [0.05, 0.1) is 0 Å². The SMILES string of the molecule is NCC(CC(=O)N1CCCCC1)NC1CCCCC1. The van der Waals surface area contributed by atoms with E-state index < -0.39 is 0 Å². The van der Waals surface area contributed by atoms with Crippen molar-refractivity contribution in [2.45, 2.75) is 69.9 Å². The molecule has 0 spiro atoms. The van der Waals surface area contributed by atoms with Gasteiger partial charge in [-0.2, -0.15) is 0 Å². The number of amides is 1. The first kappa shape index (κ1) is 14.8. The number of nitrogens with zero attached hydrogens (tertiary/aromatic N) is 1. The fourth-order valence-corrected chi connectivity index (χ4v) is 3.30. The van der Waals surface area contributed by atoms with Crippen molar-refractivity contribution in [3.05, 3.63) is 0 Å². The second-order valence-corrected chi connectivity index (χ2v) is 6.08. The molecule has 4 nitrogen and oxygen atoms in total. The van der Waals surface area contributed by atoms with Gasteiger partial charge in [0.15, 0.2) is 0 Å². The van der Waals surface area contributed by atoms with E-state index in [1.165, 1.54) is 38.5 Å². The monoisotopic (exact) mass is 267 g/mol. The Balaban J connectivity index is 1.75. The zero-order valence-corrected chi connectivity index (χ0v) is 12.1. The van der Waals surface area contributed by atoms with Crippen LogP contribution in [0, 0.1) is 0 Å². The molecule has 2 fully saturated rings. The molecule has 1 aliphatic heterocycles. The molecule has 0 bridgehead atoms. The molecular formula is C15H29N3O. The van der Waals surface area contributed by atoms with E-state index in [-0.39, 0.29) is 6.04 Å². The summed E-state index contributed by atoms with van der Waals surface area (Å²) >= 11 is 0. The molecule has 1 saturated heterocycles. The molecule has 2 rings (SSSR count). The van der Waals surface area contributed by atoms with Gasteiger partial charge in [0.2, 0.25) is 5.91 Å². The van der Waals surface area contributed by atoms with Crippen LogP contribution in [0.2, 0.25) is 0 Å². The van der Waals surface area contributed by atoms with E-state index in [9.17, 15) is 4.79 Å². The van der Waals surface area contributed by atoms with Crippen LogP contribution in [0.4, 0.5) is 0 Å². The zero-order valence-electron chi connectivity index (χ0n) is 12.1. The molecule has 1 saturated carbocycles. The normalized spacial score (nSPS) is 23.3. The minimum absolute atomic E-state index is 0.164. The molecule has 2 aliphatic rings. The maximum Gasteiger partial charge on any atom is 0.224 e. The smallest absolute Gasteiger partial charge is 0.224 e. The zero-order chi connectivity index (χ0) is 13.5. The Bertz CT molecular complexity index is 271. The van der Waals surface area contributed by atoms with Crippen LogP contribution >= 0.6 is 0 Å². The Labute approximate surface area is 117 Å². The summed E-state index contributed by atoms with van der Waals surface area (Å²) in [7, 11) is 0. The summed E-state index contributed by atoms with van der Waals surface area (Å²) in [6, 6.07) is 0.744. The highest BCUT2D eigenvalue weighted by Crippen LogP contribution is 2.18. The molecule has 110 valence electrons. The molecule has 0 radical (unpaired) electrons. The second-order valence-electron chi connectivity index (χ2n) is 6.08. The topological polar surface area (TPSA) is 58.4 Å². The van der Waals surface area contributed by atoms with Crippen molar-refractivity contribution in [2.75, 3.05) is 19.6 Å². The maximum absolute atomic E-state index is 12.2. The van der Waals surface area contributed by atoms with Gasteiger partial charge in [0, 0.05) is 38.1 Å². The molecule has 1 aliphatic carbocycles. The third-order valence-corrected chi connectivity index (χ3v) is 4.49. The number of hydrogen-bond acceptors (Lipinski definition) is 3. The Morgan fingerprint density at radius 2 is 1.74 bits per heavy atom. The molecule has 0 aromatic heterocycles. The van der Waals surface area contributed by atoms with E-state index in [2.05, 4.69) is 5.32 Å². The van der Waals surface area contributed by atoms with Crippen LogP contribution in [0.15, 0.2) is 0 Å². The van der Waals surface area contributed by atoms with E-state index >= 15 is 0 Å². The van der Waals surface area contributed by atoms with Gasteiger partial charge in [0.1, 0.15) is 0 Å². The average Bonchev–Trinajstić information content (AvgIpc) is 2.48. The summed E-state index contributed by atoms with van der Waals surface area (Å²) in [6.45, 7) is 2.45. The highest BCUT2D eigenvalue weighted by molar-refractivity contribution is 5.76. The second kappa shape index (κ2) is 7.85. The first-order chi connectivity index (χ1) is 9.29. The average molecular weight is 267 g/mol. The van der Waals surface area contributed by atoms with Crippen LogP contribution in [0.5, 0.6) is 0 Å². The minimum atomic E-state index is 0.164. The molecular weight excluding hydrogens is 238 g/mol. The van der Waals surface area contributed by atoms with Crippen molar-refractivity contribution in [3.63, 3.8) is 0 Å². The number of piperidine rings is 1. The van der Waals surface area contributed by atoms with E-state index in [0.717, 1.165) is 25.9 Å². The van der Waals surface area contributed by atoms with Crippen LogP contribution in [0.3, 0.4) is 0 Å². The van der Waals surface area contributed by atoms with Crippen molar-refractivity contribution in [1.82, 2.24) is 10.2 Å². The van der Waals surface area contributed by atoms with Gasteiger partial charge in [-0.3, -0.25) is 4.79 Å². The molecule has 0 aromatic rings. The van der Waals surface area contributed by atoms with Gasteiger partial charge in [0.25, 0.3) is 0 Å². The van der Waals surface area contributed by atoms with Crippen molar-refractivity contribution in [3.8, 4) is 0 Å². The van der Waals surface area contributed by atoms with E-state index in [1.54, 1.807) is 0 Å². The van der Waals surface area contributed by atoms with Gasteiger partial charge in [-0.1, -0.05) is 19.3 Å². The molecule has 1 heterocycles. The summed E-state index contributed by atoms with van der Waals surface area (Å²) in [5, 5.41) is 3.60. The predicted octanol–water partition coefficient (Wildman–Crippen LogP) is 1.64. The fraction of sp³-hybridized carbons (Fsp3) is 0.933. The van der Waals surface area contributed by atoms with Crippen molar-refractivity contribution < 1.29 is 4.79 Å². The standard InChI is InChI=1S/C15H29N3O/c16-12-14(17-13-7-3-1-4-8-13)11-15(19)18-9-5-2-6-10-18/h13-14,17H,1-12,16H2. The fourth-order valence-electron chi connectivity index (χ4n) is 3.30. The highest BCUT2D eigenvalue weighted by Gasteiger charge is 2.22. The summed E-state index contributed by atoms with van der Waals surface area (Å²) < 4.78 is 0. The van der Waals surface area contributed by atoms with Crippen LogP contribution < -0.4 is 11.1 Å². The Kier molecular flexibility index (Phi) is 6.11. The van der Waals surface area contributed by atoms with Crippen molar-refractivity contribution >= 4 is 5.91 Å². The molecule has 1 atom stereocenters. The Hall–Kier alpha value is -0.610. The van der Waals surface area contributed by atoms with Crippen LogP contribution in [-0.4, -0.2) is 42.5 Å². The maximum atomic E-state index is 12.2. The van der Waals surface area contributed by atoms with Crippen molar-refractivity contribution in [1.29, 1.82) is 0 Å². The molecule has 3 N–H and O–H groups in total. The lowest BCUT2D eigenvalue weighted by Crippen LogP contribution is -2.47. The number of nitrogens with two attached hydrogens (primary N) is 1. The summed E-state index contributed by atoms with van der Waals surface area (Å²) in [5.41, 5.74) is 5.83. The number of rotatable bonds is 5. The Morgan fingerprint density at radius 1 is 1.11 bits per heavy atom. The first-order valence-electron chi connectivity index (χ1n) is 8.03. The van der Waals surface area contributed by atoms with Gasteiger partial charge < -0.3 is 16.0 Å². The van der Waals surface area contributed by atoms with Gasteiger partial charge in [-0.15, -0.1) is 0 Å². The quantitative estimate of drug-likeness (QED) is 0.796. The molecule has 4 heteroatoms. The van der Waals surface area contributed by atoms with Gasteiger partial charge in [-0.05, 0) is 32.1 Å². The lowest BCUT2D eigenvalue weighted by Gasteiger charge is -2.31. The third kappa shape index (κ3) is 4.77. The summed E-state index contributed by atoms with van der Waals surface area (Å²) in [4.78, 5) is 14.3. The number of nitrogens with one attached hydrogen (secondary N) is 1. The number of carbonyl (C=O) groups excluding carboxylic acids is 1. The minimum Gasteiger partial charge on any atom is -0.343 e. The number of carbonyl (C=O) groups is 1. The van der Waals surface area contributed by atoms with E-state index in [1.807, 2.05) is 4.90 Å². The van der Waals surface area contributed by atoms with Gasteiger partial charge in [-0.25, -0.2) is 0 Å². The van der Waals surface area contributed by atoms with Gasteiger partial charge >= 0.3 is 0 Å². The molecule has 1 unspecified atom stereocenters. The molecule has 1 amide bonds. The first-order valence-corrected chi connectivity index (χ1v) is 8.03. The van der Waals surface area contributed by atoms with Crippen molar-refractivity contribution in [2.24, 2.45) is 5.73 Å². The van der Waals surface area contributed by atoms with E-state index in [4.69, 9.17) is 5.73 Å². The molecule has 0 aromatic carbocycles. The lowest BCUT2D eigenvalue weighted by molar-refractivity contribution is -0.132. The number of likely N-dealkylation sites (tertiary alicyclic amines) is 1. The van der Waals surface area contributed by atoms with Crippen LogP contribution in [-0.2, 0) is 4.79 Å². The van der Waals surface area contributed by atoms with Crippen LogP contribution in [0.1, 0.15) is 57.8 Å². The Morgan fingerprint density at radius 3 is 2.37 bits per heavy atom. The van der Waals surface area contributed by atoms with Crippen LogP contribution in [0.25, 0.3) is 0 Å². The summed E-state index contributed by atoms with van der Waals surface area (Å²) in [6.07, 6.45) is 10.6. The largest absolute Gasteiger partial charge is 0.343 e. The lowest BCUT2D eigenvalue weighted by atomic mass is 9.94. The van der Waals surface area contributed by atoms with E-state index in [0.29, 0.717) is 24.9 Å². The number of hydrogen-bond donors (Lipinski definition) is 2. The molecule has 19 heavy (non-hydrogen) atoms.